The SMILES string of the molecule is COc1ccc2cc(CNC(=O)[C@H]3CCCO3)ccc2c1. The van der Waals surface area contributed by atoms with Gasteiger partial charge in [0.1, 0.15) is 11.9 Å². The summed E-state index contributed by atoms with van der Waals surface area (Å²) in [6.45, 7) is 1.22. The second-order valence-electron chi connectivity index (χ2n) is 5.27. The molecule has 0 unspecified atom stereocenters. The van der Waals surface area contributed by atoms with E-state index in [1.54, 1.807) is 7.11 Å². The second-order valence-corrected chi connectivity index (χ2v) is 5.27. The van der Waals surface area contributed by atoms with Crippen molar-refractivity contribution < 1.29 is 14.3 Å². The summed E-state index contributed by atoms with van der Waals surface area (Å²) < 4.78 is 10.6. The van der Waals surface area contributed by atoms with Crippen molar-refractivity contribution >= 4 is 16.7 Å². The van der Waals surface area contributed by atoms with Crippen LogP contribution in [-0.2, 0) is 16.1 Å². The molecule has 1 saturated heterocycles. The monoisotopic (exact) mass is 285 g/mol. The first-order valence-electron chi connectivity index (χ1n) is 7.22. The molecule has 1 heterocycles. The fourth-order valence-electron chi connectivity index (χ4n) is 2.60. The van der Waals surface area contributed by atoms with Crippen LogP contribution >= 0.6 is 0 Å². The molecule has 4 nitrogen and oxygen atoms in total. The summed E-state index contributed by atoms with van der Waals surface area (Å²) in [5.41, 5.74) is 1.08. The number of carbonyl (C=O) groups is 1. The van der Waals surface area contributed by atoms with Gasteiger partial charge in [-0.2, -0.15) is 0 Å². The van der Waals surface area contributed by atoms with Gasteiger partial charge >= 0.3 is 0 Å². The molecule has 2 aromatic rings. The summed E-state index contributed by atoms with van der Waals surface area (Å²) in [6, 6.07) is 12.1. The summed E-state index contributed by atoms with van der Waals surface area (Å²) >= 11 is 0. The third kappa shape index (κ3) is 3.16. The zero-order valence-electron chi connectivity index (χ0n) is 12.1. The molecule has 0 spiro atoms. The predicted octanol–water partition coefficient (Wildman–Crippen LogP) is 2.64. The molecule has 0 radical (unpaired) electrons. The molecule has 0 saturated carbocycles. The third-order valence-corrected chi connectivity index (χ3v) is 3.80. The van der Waals surface area contributed by atoms with Crippen molar-refractivity contribution in [2.45, 2.75) is 25.5 Å². The van der Waals surface area contributed by atoms with Gasteiger partial charge in [0.2, 0.25) is 5.91 Å². The van der Waals surface area contributed by atoms with E-state index in [2.05, 4.69) is 11.4 Å². The molecule has 0 aliphatic carbocycles. The van der Waals surface area contributed by atoms with Crippen LogP contribution in [0.3, 0.4) is 0 Å². The van der Waals surface area contributed by atoms with E-state index in [-0.39, 0.29) is 12.0 Å². The summed E-state index contributed by atoms with van der Waals surface area (Å²) in [5, 5.41) is 5.21. The van der Waals surface area contributed by atoms with Gasteiger partial charge in [0, 0.05) is 13.2 Å². The average molecular weight is 285 g/mol. The maximum Gasteiger partial charge on any atom is 0.249 e. The fraction of sp³-hybridized carbons (Fsp3) is 0.353. The number of benzene rings is 2. The van der Waals surface area contributed by atoms with E-state index in [1.807, 2.05) is 30.3 Å². The molecule has 1 N–H and O–H groups in total. The first-order chi connectivity index (χ1) is 10.3. The summed E-state index contributed by atoms with van der Waals surface area (Å²) in [7, 11) is 1.66. The lowest BCUT2D eigenvalue weighted by Gasteiger charge is -2.11. The lowest BCUT2D eigenvalue weighted by atomic mass is 10.1. The average Bonchev–Trinajstić information content (AvgIpc) is 3.06. The zero-order valence-corrected chi connectivity index (χ0v) is 12.1. The number of methoxy groups -OCH3 is 1. The Hall–Kier alpha value is -2.07. The Morgan fingerprint density at radius 1 is 1.29 bits per heavy atom. The van der Waals surface area contributed by atoms with Crippen molar-refractivity contribution in [1.82, 2.24) is 5.32 Å². The molecule has 4 heteroatoms. The van der Waals surface area contributed by atoms with Gasteiger partial charge in [-0.3, -0.25) is 4.79 Å². The highest BCUT2D eigenvalue weighted by Crippen LogP contribution is 2.22. The number of hydrogen-bond acceptors (Lipinski definition) is 3. The Kier molecular flexibility index (Phi) is 4.06. The van der Waals surface area contributed by atoms with Gasteiger partial charge in [0.05, 0.1) is 7.11 Å². The molecule has 1 aliphatic rings. The Morgan fingerprint density at radius 2 is 2.10 bits per heavy atom. The number of hydrogen-bond donors (Lipinski definition) is 1. The number of amides is 1. The van der Waals surface area contributed by atoms with Crippen LogP contribution in [0.5, 0.6) is 5.75 Å². The molecular formula is C17H19NO3. The number of carbonyl (C=O) groups excluding carboxylic acids is 1. The molecule has 3 rings (SSSR count). The Labute approximate surface area is 124 Å². The topological polar surface area (TPSA) is 47.6 Å². The Morgan fingerprint density at radius 3 is 2.86 bits per heavy atom. The maximum atomic E-state index is 11.9. The molecule has 2 aromatic carbocycles. The van der Waals surface area contributed by atoms with Crippen molar-refractivity contribution in [1.29, 1.82) is 0 Å². The van der Waals surface area contributed by atoms with E-state index in [4.69, 9.17) is 9.47 Å². The van der Waals surface area contributed by atoms with Crippen molar-refractivity contribution in [3.63, 3.8) is 0 Å². The van der Waals surface area contributed by atoms with E-state index in [9.17, 15) is 4.79 Å². The summed E-state index contributed by atoms with van der Waals surface area (Å²) in [4.78, 5) is 11.9. The maximum absolute atomic E-state index is 11.9. The smallest absolute Gasteiger partial charge is 0.249 e. The van der Waals surface area contributed by atoms with E-state index in [0.29, 0.717) is 13.2 Å². The molecule has 0 bridgehead atoms. The number of ether oxygens (including phenoxy) is 2. The molecule has 0 aromatic heterocycles. The largest absolute Gasteiger partial charge is 0.497 e. The highest BCUT2D eigenvalue weighted by Gasteiger charge is 2.22. The van der Waals surface area contributed by atoms with Gasteiger partial charge in [-0.1, -0.05) is 18.2 Å². The van der Waals surface area contributed by atoms with Crippen molar-refractivity contribution in [3.05, 3.63) is 42.0 Å². The first-order valence-corrected chi connectivity index (χ1v) is 7.22. The Bertz CT molecular complexity index is 648. The zero-order chi connectivity index (χ0) is 14.7. The van der Waals surface area contributed by atoms with E-state index in [0.717, 1.165) is 34.9 Å². The van der Waals surface area contributed by atoms with E-state index in [1.165, 1.54) is 0 Å². The van der Waals surface area contributed by atoms with E-state index >= 15 is 0 Å². The van der Waals surface area contributed by atoms with Gasteiger partial charge in [-0.05, 0) is 47.4 Å². The minimum Gasteiger partial charge on any atom is -0.497 e. The van der Waals surface area contributed by atoms with Gasteiger partial charge in [-0.15, -0.1) is 0 Å². The normalized spacial score (nSPS) is 17.9. The third-order valence-electron chi connectivity index (χ3n) is 3.80. The van der Waals surface area contributed by atoms with Crippen LogP contribution in [0.1, 0.15) is 18.4 Å². The standard InChI is InChI=1S/C17H19NO3/c1-20-15-7-6-13-9-12(4-5-14(13)10-15)11-18-17(19)16-3-2-8-21-16/h4-7,9-10,16H,2-3,8,11H2,1H3,(H,18,19)/t16-/m1/s1. The van der Waals surface area contributed by atoms with E-state index < -0.39 is 0 Å². The number of rotatable bonds is 4. The molecule has 1 fully saturated rings. The highest BCUT2D eigenvalue weighted by atomic mass is 16.5. The second kappa shape index (κ2) is 6.14. The molecule has 1 atom stereocenters. The minimum atomic E-state index is -0.269. The number of nitrogens with one attached hydrogen (secondary N) is 1. The van der Waals surface area contributed by atoms with Gasteiger partial charge < -0.3 is 14.8 Å². The molecule has 21 heavy (non-hydrogen) atoms. The predicted molar refractivity (Wildman–Crippen MR) is 81.3 cm³/mol. The Balaban J connectivity index is 1.68. The van der Waals surface area contributed by atoms with Gasteiger partial charge in [0.25, 0.3) is 0 Å². The molecule has 1 aliphatic heterocycles. The molecule has 1 amide bonds. The van der Waals surface area contributed by atoms with Crippen molar-refractivity contribution in [2.24, 2.45) is 0 Å². The highest BCUT2D eigenvalue weighted by molar-refractivity contribution is 5.85. The minimum absolute atomic E-state index is 0.0117. The van der Waals surface area contributed by atoms with Crippen molar-refractivity contribution in [3.8, 4) is 5.75 Å². The van der Waals surface area contributed by atoms with Crippen LogP contribution in [0, 0.1) is 0 Å². The van der Waals surface area contributed by atoms with Crippen LogP contribution < -0.4 is 10.1 Å². The van der Waals surface area contributed by atoms with Gasteiger partial charge in [-0.25, -0.2) is 0 Å². The number of fused-ring (bicyclic) bond motifs is 1. The lowest BCUT2D eigenvalue weighted by molar-refractivity contribution is -0.130. The summed E-state index contributed by atoms with van der Waals surface area (Å²) in [5.74, 6) is 0.837. The van der Waals surface area contributed by atoms with Gasteiger partial charge in [0.15, 0.2) is 0 Å². The van der Waals surface area contributed by atoms with Crippen LogP contribution in [0.4, 0.5) is 0 Å². The first kappa shape index (κ1) is 13.9. The van der Waals surface area contributed by atoms with Crippen LogP contribution in [0.2, 0.25) is 0 Å². The van der Waals surface area contributed by atoms with Crippen LogP contribution in [0.15, 0.2) is 36.4 Å². The molecular weight excluding hydrogens is 266 g/mol. The van der Waals surface area contributed by atoms with Crippen molar-refractivity contribution in [2.75, 3.05) is 13.7 Å². The van der Waals surface area contributed by atoms with Crippen LogP contribution in [0.25, 0.3) is 10.8 Å². The molecule has 110 valence electrons. The summed E-state index contributed by atoms with van der Waals surface area (Å²) in [6.07, 6.45) is 1.52. The quantitative estimate of drug-likeness (QED) is 0.939. The lowest BCUT2D eigenvalue weighted by Crippen LogP contribution is -2.33. The van der Waals surface area contributed by atoms with Crippen LogP contribution in [-0.4, -0.2) is 25.7 Å². The fourth-order valence-corrected chi connectivity index (χ4v) is 2.60.